The summed E-state index contributed by atoms with van der Waals surface area (Å²) < 4.78 is 0. The smallest absolute Gasteiger partial charge is 0.230 e. The number of pyridine rings is 1. The lowest BCUT2D eigenvalue weighted by Crippen LogP contribution is -2.29. The van der Waals surface area contributed by atoms with E-state index in [1.807, 2.05) is 19.1 Å². The average Bonchev–Trinajstić information content (AvgIpc) is 2.98. The quantitative estimate of drug-likeness (QED) is 0.782. The molecule has 1 N–H and O–H groups in total. The molecular formula is C15H23N3OS. The molecule has 2 rings (SSSR count). The van der Waals surface area contributed by atoms with Crippen LogP contribution in [0.3, 0.4) is 0 Å². The fourth-order valence-corrected chi connectivity index (χ4v) is 3.16. The van der Waals surface area contributed by atoms with Crippen LogP contribution in [0, 0.1) is 0 Å². The first kappa shape index (κ1) is 15.3. The second kappa shape index (κ2) is 8.27. The lowest BCUT2D eigenvalue weighted by Gasteiger charge is -2.15. The van der Waals surface area contributed by atoms with Crippen LogP contribution in [-0.2, 0) is 4.79 Å². The number of thioether (sulfide) groups is 1. The van der Waals surface area contributed by atoms with E-state index in [2.05, 4.69) is 15.2 Å². The Bertz CT molecular complexity index is 407. The van der Waals surface area contributed by atoms with Gasteiger partial charge < -0.3 is 10.2 Å². The molecular weight excluding hydrogens is 270 g/mol. The summed E-state index contributed by atoms with van der Waals surface area (Å²) in [4.78, 5) is 18.4. The highest BCUT2D eigenvalue weighted by Crippen LogP contribution is 2.11. The van der Waals surface area contributed by atoms with Crippen LogP contribution in [0.5, 0.6) is 0 Å². The molecule has 5 heteroatoms. The summed E-state index contributed by atoms with van der Waals surface area (Å²) in [5, 5.41) is 3.01. The predicted octanol–water partition coefficient (Wildman–Crippen LogP) is 2.09. The summed E-state index contributed by atoms with van der Waals surface area (Å²) in [6.07, 6.45) is 6.19. The Balaban J connectivity index is 1.60. The van der Waals surface area contributed by atoms with Gasteiger partial charge in [-0.05, 0) is 44.5 Å². The summed E-state index contributed by atoms with van der Waals surface area (Å²) >= 11 is 1.72. The van der Waals surface area contributed by atoms with Gasteiger partial charge in [0.2, 0.25) is 5.91 Å². The van der Waals surface area contributed by atoms with Crippen LogP contribution in [0.2, 0.25) is 0 Å². The predicted molar refractivity (Wildman–Crippen MR) is 83.8 cm³/mol. The first-order valence-corrected chi connectivity index (χ1v) is 8.40. The maximum atomic E-state index is 11.9. The van der Waals surface area contributed by atoms with Gasteiger partial charge in [0.05, 0.1) is 11.8 Å². The third-order valence-corrected chi connectivity index (χ3v) is 4.48. The molecule has 1 aromatic heterocycles. The Labute approximate surface area is 125 Å². The Morgan fingerprint density at radius 3 is 3.00 bits per heavy atom. The van der Waals surface area contributed by atoms with Crippen molar-refractivity contribution < 1.29 is 4.79 Å². The highest BCUT2D eigenvalue weighted by atomic mass is 32.2. The fourth-order valence-electron chi connectivity index (χ4n) is 2.36. The minimum Gasteiger partial charge on any atom is -0.349 e. The topological polar surface area (TPSA) is 45.2 Å². The van der Waals surface area contributed by atoms with Crippen molar-refractivity contribution in [3.05, 3.63) is 30.1 Å². The third-order valence-electron chi connectivity index (χ3n) is 3.55. The zero-order valence-corrected chi connectivity index (χ0v) is 12.9. The van der Waals surface area contributed by atoms with Crippen molar-refractivity contribution in [2.24, 2.45) is 0 Å². The highest BCUT2D eigenvalue weighted by molar-refractivity contribution is 7.99. The fraction of sp³-hybridized carbons (Fsp3) is 0.600. The Morgan fingerprint density at radius 2 is 2.30 bits per heavy atom. The van der Waals surface area contributed by atoms with Crippen LogP contribution in [0.1, 0.15) is 31.4 Å². The van der Waals surface area contributed by atoms with Crippen LogP contribution in [0.15, 0.2) is 24.5 Å². The van der Waals surface area contributed by atoms with E-state index in [1.54, 1.807) is 24.2 Å². The number of nitrogens with zero attached hydrogens (tertiary/aromatic N) is 2. The average molecular weight is 293 g/mol. The maximum Gasteiger partial charge on any atom is 0.230 e. The minimum absolute atomic E-state index is 0.0235. The number of aromatic nitrogens is 1. The molecule has 1 aromatic rings. The number of carbonyl (C=O) groups excluding carboxylic acids is 1. The van der Waals surface area contributed by atoms with Crippen molar-refractivity contribution in [3.63, 3.8) is 0 Å². The van der Waals surface area contributed by atoms with Crippen LogP contribution < -0.4 is 5.32 Å². The zero-order chi connectivity index (χ0) is 14.2. The van der Waals surface area contributed by atoms with E-state index >= 15 is 0 Å². The summed E-state index contributed by atoms with van der Waals surface area (Å²) in [7, 11) is 0. The van der Waals surface area contributed by atoms with Gasteiger partial charge in [0, 0.05) is 24.7 Å². The van der Waals surface area contributed by atoms with E-state index in [4.69, 9.17) is 0 Å². The molecule has 2 heterocycles. The second-order valence-corrected chi connectivity index (χ2v) is 6.28. The van der Waals surface area contributed by atoms with E-state index in [1.165, 1.54) is 25.9 Å². The number of amides is 1. The van der Waals surface area contributed by atoms with Gasteiger partial charge in [-0.25, -0.2) is 0 Å². The summed E-state index contributed by atoms with van der Waals surface area (Å²) in [6.45, 7) is 5.55. The molecule has 0 bridgehead atoms. The summed E-state index contributed by atoms with van der Waals surface area (Å²) in [6, 6.07) is 3.90. The maximum absolute atomic E-state index is 11.9. The highest BCUT2D eigenvalue weighted by Gasteiger charge is 2.12. The van der Waals surface area contributed by atoms with Crippen molar-refractivity contribution in [2.75, 3.05) is 31.1 Å². The van der Waals surface area contributed by atoms with E-state index in [0.29, 0.717) is 5.75 Å². The SMILES string of the molecule is CC(NC(=O)CSCCN1CCCC1)c1cccnc1. The standard InChI is InChI=1S/C15H23N3OS/c1-13(14-5-4-6-16-11-14)17-15(19)12-20-10-9-18-7-2-3-8-18/h4-6,11,13H,2-3,7-10,12H2,1H3,(H,17,19). The first-order valence-electron chi connectivity index (χ1n) is 7.25. The van der Waals surface area contributed by atoms with Crippen LogP contribution in [0.25, 0.3) is 0 Å². The first-order chi connectivity index (χ1) is 9.75. The Hall–Kier alpha value is -1.07. The number of nitrogens with one attached hydrogen (secondary N) is 1. The number of carbonyl (C=O) groups is 1. The number of rotatable bonds is 7. The van der Waals surface area contributed by atoms with E-state index in [0.717, 1.165) is 17.9 Å². The Morgan fingerprint density at radius 1 is 1.50 bits per heavy atom. The molecule has 1 aliphatic rings. The monoisotopic (exact) mass is 293 g/mol. The molecule has 1 amide bonds. The molecule has 1 unspecified atom stereocenters. The van der Waals surface area contributed by atoms with Crippen LogP contribution in [0.4, 0.5) is 0 Å². The molecule has 0 spiro atoms. The summed E-state index contributed by atoms with van der Waals surface area (Å²) in [5.41, 5.74) is 1.04. The van der Waals surface area contributed by atoms with E-state index in [9.17, 15) is 4.79 Å². The van der Waals surface area contributed by atoms with Gasteiger partial charge in [-0.15, -0.1) is 0 Å². The van der Waals surface area contributed by atoms with Gasteiger partial charge in [0.15, 0.2) is 0 Å². The van der Waals surface area contributed by atoms with Gasteiger partial charge in [-0.3, -0.25) is 9.78 Å². The van der Waals surface area contributed by atoms with Crippen LogP contribution in [-0.4, -0.2) is 46.9 Å². The van der Waals surface area contributed by atoms with Gasteiger partial charge in [-0.2, -0.15) is 11.8 Å². The lowest BCUT2D eigenvalue weighted by atomic mass is 10.1. The van der Waals surface area contributed by atoms with Crippen LogP contribution >= 0.6 is 11.8 Å². The van der Waals surface area contributed by atoms with Gasteiger partial charge in [0.1, 0.15) is 0 Å². The number of hydrogen-bond donors (Lipinski definition) is 1. The minimum atomic E-state index is 0.0235. The van der Waals surface area contributed by atoms with Gasteiger partial charge in [0.25, 0.3) is 0 Å². The molecule has 0 radical (unpaired) electrons. The molecule has 110 valence electrons. The molecule has 0 aromatic carbocycles. The molecule has 1 saturated heterocycles. The van der Waals surface area contributed by atoms with Crippen molar-refractivity contribution in [3.8, 4) is 0 Å². The molecule has 1 atom stereocenters. The lowest BCUT2D eigenvalue weighted by molar-refractivity contribution is -0.119. The zero-order valence-electron chi connectivity index (χ0n) is 12.0. The molecule has 20 heavy (non-hydrogen) atoms. The van der Waals surface area contributed by atoms with E-state index in [-0.39, 0.29) is 11.9 Å². The molecule has 0 aliphatic carbocycles. The second-order valence-electron chi connectivity index (χ2n) is 5.18. The Kier molecular flexibility index (Phi) is 6.33. The largest absolute Gasteiger partial charge is 0.349 e. The summed E-state index contributed by atoms with van der Waals surface area (Å²) in [5.74, 6) is 1.68. The van der Waals surface area contributed by atoms with Crippen molar-refractivity contribution in [2.45, 2.75) is 25.8 Å². The van der Waals surface area contributed by atoms with Gasteiger partial charge in [-0.1, -0.05) is 6.07 Å². The van der Waals surface area contributed by atoms with Gasteiger partial charge >= 0.3 is 0 Å². The van der Waals surface area contributed by atoms with E-state index < -0.39 is 0 Å². The van der Waals surface area contributed by atoms with Crippen molar-refractivity contribution >= 4 is 17.7 Å². The number of hydrogen-bond acceptors (Lipinski definition) is 4. The molecule has 4 nitrogen and oxygen atoms in total. The van der Waals surface area contributed by atoms with Crippen molar-refractivity contribution in [1.29, 1.82) is 0 Å². The molecule has 1 aliphatic heterocycles. The van der Waals surface area contributed by atoms with Crippen molar-refractivity contribution in [1.82, 2.24) is 15.2 Å². The third kappa shape index (κ3) is 5.13. The molecule has 0 saturated carbocycles. The molecule has 1 fully saturated rings. The number of likely N-dealkylation sites (tertiary alicyclic amines) is 1. The normalized spacial score (nSPS) is 17.1.